The SMILES string of the molecule is COc1ccc(Cl)cc1-c1n(C)c2ccccc2[n+]1C. The molecule has 0 atom stereocenters. The first-order valence-corrected chi connectivity index (χ1v) is 6.78. The van der Waals surface area contributed by atoms with Crippen molar-refractivity contribution in [3.63, 3.8) is 0 Å². The number of ether oxygens (including phenoxy) is 1. The molecule has 0 bridgehead atoms. The molecule has 3 rings (SSSR count). The number of benzene rings is 2. The number of halogens is 1. The van der Waals surface area contributed by atoms with Gasteiger partial charge in [0.15, 0.2) is 11.0 Å². The van der Waals surface area contributed by atoms with Crippen molar-refractivity contribution >= 4 is 22.6 Å². The monoisotopic (exact) mass is 287 g/mol. The maximum absolute atomic E-state index is 6.15. The molecule has 0 saturated carbocycles. The Balaban J connectivity index is 2.38. The fraction of sp³-hybridized carbons (Fsp3) is 0.188. The molecule has 0 amide bonds. The lowest BCUT2D eigenvalue weighted by Crippen LogP contribution is -2.30. The van der Waals surface area contributed by atoms with E-state index in [1.54, 1.807) is 7.11 Å². The topological polar surface area (TPSA) is 18.0 Å². The van der Waals surface area contributed by atoms with Crippen LogP contribution in [0.5, 0.6) is 5.75 Å². The number of nitrogens with zero attached hydrogens (tertiary/aromatic N) is 2. The maximum Gasteiger partial charge on any atom is 0.293 e. The van der Waals surface area contributed by atoms with Crippen LogP contribution in [0.4, 0.5) is 0 Å². The van der Waals surface area contributed by atoms with E-state index in [2.05, 4.69) is 35.4 Å². The molecule has 0 aliphatic rings. The molecule has 20 heavy (non-hydrogen) atoms. The van der Waals surface area contributed by atoms with Crippen LogP contribution in [0.2, 0.25) is 5.02 Å². The molecule has 0 fully saturated rings. The number of rotatable bonds is 2. The van der Waals surface area contributed by atoms with Gasteiger partial charge in [-0.2, -0.15) is 0 Å². The highest BCUT2D eigenvalue weighted by Gasteiger charge is 2.24. The summed E-state index contributed by atoms with van der Waals surface area (Å²) < 4.78 is 9.79. The molecule has 0 spiro atoms. The standard InChI is InChI=1S/C16H16ClN2O/c1-18-13-6-4-5-7-14(13)19(2)16(18)12-10-11(17)8-9-15(12)20-3/h4-10H,1-3H3/q+1. The third-order valence-electron chi connectivity index (χ3n) is 3.64. The summed E-state index contributed by atoms with van der Waals surface area (Å²) in [6.45, 7) is 0. The minimum atomic E-state index is 0.700. The maximum atomic E-state index is 6.15. The van der Waals surface area contributed by atoms with Crippen molar-refractivity contribution in [1.82, 2.24) is 4.57 Å². The molecule has 2 aromatic carbocycles. The Bertz CT molecular complexity index is 754. The van der Waals surface area contributed by atoms with Crippen molar-refractivity contribution in [2.24, 2.45) is 14.1 Å². The van der Waals surface area contributed by atoms with Crippen LogP contribution in [0.15, 0.2) is 42.5 Å². The summed E-state index contributed by atoms with van der Waals surface area (Å²) in [5.41, 5.74) is 3.33. The average molecular weight is 288 g/mol. The first kappa shape index (κ1) is 13.0. The molecule has 0 aliphatic carbocycles. The summed E-state index contributed by atoms with van der Waals surface area (Å²) >= 11 is 6.15. The zero-order valence-electron chi connectivity index (χ0n) is 11.7. The first-order valence-electron chi connectivity index (χ1n) is 6.41. The molecule has 4 heteroatoms. The number of methoxy groups -OCH3 is 1. The quantitative estimate of drug-likeness (QED) is 0.661. The number of aromatic nitrogens is 2. The molecule has 3 nitrogen and oxygen atoms in total. The Morgan fingerprint density at radius 3 is 2.60 bits per heavy atom. The molecular weight excluding hydrogens is 272 g/mol. The van der Waals surface area contributed by atoms with Gasteiger partial charge < -0.3 is 4.74 Å². The van der Waals surface area contributed by atoms with Gasteiger partial charge in [-0.1, -0.05) is 23.7 Å². The molecule has 3 aromatic rings. The molecule has 0 unspecified atom stereocenters. The number of para-hydroxylation sites is 2. The first-order chi connectivity index (χ1) is 9.63. The second-order valence-corrected chi connectivity index (χ2v) is 5.21. The highest BCUT2D eigenvalue weighted by atomic mass is 35.5. The number of hydrogen-bond donors (Lipinski definition) is 0. The fourth-order valence-electron chi connectivity index (χ4n) is 2.70. The zero-order valence-corrected chi connectivity index (χ0v) is 12.5. The predicted molar refractivity (Wildman–Crippen MR) is 81.1 cm³/mol. The van der Waals surface area contributed by atoms with Crippen LogP contribution in [-0.2, 0) is 14.1 Å². The number of imidazole rings is 1. The van der Waals surface area contributed by atoms with E-state index in [1.807, 2.05) is 30.3 Å². The average Bonchev–Trinajstić information content (AvgIpc) is 2.71. The molecule has 0 N–H and O–H groups in total. The molecule has 1 aromatic heterocycles. The van der Waals surface area contributed by atoms with Gasteiger partial charge in [-0.3, -0.25) is 0 Å². The van der Waals surface area contributed by atoms with E-state index in [9.17, 15) is 0 Å². The highest BCUT2D eigenvalue weighted by Crippen LogP contribution is 2.32. The lowest BCUT2D eigenvalue weighted by molar-refractivity contribution is -0.634. The van der Waals surface area contributed by atoms with Crippen molar-refractivity contribution in [2.45, 2.75) is 0 Å². The normalized spacial score (nSPS) is 11.0. The fourth-order valence-corrected chi connectivity index (χ4v) is 2.87. The van der Waals surface area contributed by atoms with E-state index in [1.165, 1.54) is 11.0 Å². The Kier molecular flexibility index (Phi) is 3.14. The predicted octanol–water partition coefficient (Wildman–Crippen LogP) is 3.33. The van der Waals surface area contributed by atoms with Crippen LogP contribution in [0.25, 0.3) is 22.4 Å². The minimum absolute atomic E-state index is 0.700. The lowest BCUT2D eigenvalue weighted by atomic mass is 10.2. The third kappa shape index (κ3) is 1.86. The van der Waals surface area contributed by atoms with E-state index < -0.39 is 0 Å². The molecular formula is C16H16ClN2O+. The van der Waals surface area contributed by atoms with Crippen molar-refractivity contribution in [3.05, 3.63) is 47.5 Å². The van der Waals surface area contributed by atoms with Crippen molar-refractivity contribution in [2.75, 3.05) is 7.11 Å². The summed E-state index contributed by atoms with van der Waals surface area (Å²) in [5.74, 6) is 1.88. The largest absolute Gasteiger partial charge is 0.496 e. The van der Waals surface area contributed by atoms with Crippen LogP contribution < -0.4 is 9.30 Å². The van der Waals surface area contributed by atoms with Gasteiger partial charge in [0, 0.05) is 5.02 Å². The minimum Gasteiger partial charge on any atom is -0.496 e. The number of aryl methyl sites for hydroxylation is 2. The number of hydrogen-bond acceptors (Lipinski definition) is 1. The van der Waals surface area contributed by atoms with Crippen LogP contribution in [0.1, 0.15) is 0 Å². The van der Waals surface area contributed by atoms with Gasteiger partial charge in [0.05, 0.1) is 21.2 Å². The molecule has 0 aliphatic heterocycles. The second kappa shape index (κ2) is 4.84. The van der Waals surface area contributed by atoms with E-state index in [4.69, 9.17) is 16.3 Å². The van der Waals surface area contributed by atoms with E-state index >= 15 is 0 Å². The van der Waals surface area contributed by atoms with Gasteiger partial charge in [0.2, 0.25) is 0 Å². The van der Waals surface area contributed by atoms with E-state index in [0.29, 0.717) is 5.02 Å². The summed E-state index contributed by atoms with van der Waals surface area (Å²) in [5, 5.41) is 0.700. The van der Waals surface area contributed by atoms with Gasteiger partial charge in [0.25, 0.3) is 5.82 Å². The molecule has 0 saturated heterocycles. The Labute approximate surface area is 123 Å². The smallest absolute Gasteiger partial charge is 0.293 e. The zero-order chi connectivity index (χ0) is 14.3. The van der Waals surface area contributed by atoms with Gasteiger partial charge in [-0.25, -0.2) is 9.13 Å². The summed E-state index contributed by atoms with van der Waals surface area (Å²) in [7, 11) is 5.78. The summed E-state index contributed by atoms with van der Waals surface area (Å²) in [6.07, 6.45) is 0. The van der Waals surface area contributed by atoms with Gasteiger partial charge in [-0.15, -0.1) is 0 Å². The number of fused-ring (bicyclic) bond motifs is 1. The Morgan fingerprint density at radius 1 is 1.15 bits per heavy atom. The van der Waals surface area contributed by atoms with Gasteiger partial charge in [-0.05, 0) is 30.3 Å². The van der Waals surface area contributed by atoms with E-state index in [0.717, 1.165) is 17.1 Å². The second-order valence-electron chi connectivity index (χ2n) is 4.77. The van der Waals surface area contributed by atoms with Gasteiger partial charge >= 0.3 is 0 Å². The highest BCUT2D eigenvalue weighted by molar-refractivity contribution is 6.30. The third-order valence-corrected chi connectivity index (χ3v) is 3.88. The Morgan fingerprint density at radius 2 is 1.90 bits per heavy atom. The summed E-state index contributed by atoms with van der Waals surface area (Å²) in [4.78, 5) is 0. The summed E-state index contributed by atoms with van der Waals surface area (Å²) in [6, 6.07) is 14.0. The van der Waals surface area contributed by atoms with Crippen molar-refractivity contribution < 1.29 is 9.30 Å². The lowest BCUT2D eigenvalue weighted by Gasteiger charge is -2.06. The molecule has 102 valence electrons. The Hall–Kier alpha value is -2.00. The molecule has 0 radical (unpaired) electrons. The van der Waals surface area contributed by atoms with Crippen molar-refractivity contribution in [3.8, 4) is 17.1 Å². The van der Waals surface area contributed by atoms with Crippen LogP contribution in [0.3, 0.4) is 0 Å². The van der Waals surface area contributed by atoms with Gasteiger partial charge in [0.1, 0.15) is 11.3 Å². The van der Waals surface area contributed by atoms with Crippen LogP contribution in [0, 0.1) is 0 Å². The van der Waals surface area contributed by atoms with Crippen LogP contribution >= 0.6 is 11.6 Å². The molecule has 1 heterocycles. The van der Waals surface area contributed by atoms with Crippen LogP contribution in [-0.4, -0.2) is 11.7 Å². The van der Waals surface area contributed by atoms with Crippen molar-refractivity contribution in [1.29, 1.82) is 0 Å². The van der Waals surface area contributed by atoms with E-state index in [-0.39, 0.29) is 0 Å².